The van der Waals surface area contributed by atoms with Crippen molar-refractivity contribution >= 4 is 17.7 Å². The fourth-order valence-corrected chi connectivity index (χ4v) is 2.55. The molecule has 0 aliphatic carbocycles. The Hall–Kier alpha value is -2.08. The Balaban J connectivity index is 2.14. The third-order valence-electron chi connectivity index (χ3n) is 2.72. The quantitative estimate of drug-likeness (QED) is 0.823. The van der Waals surface area contributed by atoms with Crippen molar-refractivity contribution in [3.63, 3.8) is 0 Å². The van der Waals surface area contributed by atoms with Crippen LogP contribution in [0.25, 0.3) is 0 Å². The van der Waals surface area contributed by atoms with Crippen LogP contribution in [0.3, 0.4) is 0 Å². The number of nitrogens with one attached hydrogen (secondary N) is 1. The lowest BCUT2D eigenvalue weighted by molar-refractivity contribution is -0.136. The molecule has 0 unspecified atom stereocenters. The van der Waals surface area contributed by atoms with E-state index in [1.165, 1.54) is 0 Å². The molecule has 0 saturated heterocycles. The van der Waals surface area contributed by atoms with E-state index in [1.807, 2.05) is 30.3 Å². The number of aryl methyl sites for hydroxylation is 1. The van der Waals surface area contributed by atoms with Gasteiger partial charge in [-0.15, -0.1) is 11.8 Å². The predicted molar refractivity (Wildman–Crippen MR) is 76.9 cm³/mol. The van der Waals surface area contributed by atoms with Gasteiger partial charge in [-0.05, 0) is 19.1 Å². The number of aromatic amines is 1. The highest BCUT2D eigenvalue weighted by atomic mass is 32.2. The van der Waals surface area contributed by atoms with E-state index in [4.69, 9.17) is 5.11 Å². The SMILES string of the molecule is Cc1nc(CSc2ccccc2)[nH]c(=O)c1CC(=O)O. The maximum Gasteiger partial charge on any atom is 0.308 e. The molecule has 20 heavy (non-hydrogen) atoms. The minimum Gasteiger partial charge on any atom is -0.481 e. The standard InChI is InChI=1S/C14H14N2O3S/c1-9-11(7-13(17)18)14(19)16-12(15-9)8-20-10-5-3-2-4-6-10/h2-6H,7-8H2,1H3,(H,17,18)(H,15,16,19). The Morgan fingerprint density at radius 3 is 2.65 bits per heavy atom. The molecule has 0 bridgehead atoms. The van der Waals surface area contributed by atoms with E-state index in [0.29, 0.717) is 17.3 Å². The van der Waals surface area contributed by atoms with Gasteiger partial charge in [0.25, 0.3) is 5.56 Å². The van der Waals surface area contributed by atoms with Crippen molar-refractivity contribution in [2.24, 2.45) is 0 Å². The van der Waals surface area contributed by atoms with Gasteiger partial charge in [0.05, 0.1) is 12.2 Å². The third kappa shape index (κ3) is 3.71. The predicted octanol–water partition coefficient (Wildman–Crippen LogP) is 2.00. The number of aliphatic carboxylic acids is 1. The summed E-state index contributed by atoms with van der Waals surface area (Å²) in [7, 11) is 0. The zero-order valence-corrected chi connectivity index (χ0v) is 11.7. The molecule has 2 N–H and O–H groups in total. The number of benzene rings is 1. The molecule has 0 saturated carbocycles. The fourth-order valence-electron chi connectivity index (χ4n) is 1.76. The number of hydrogen-bond donors (Lipinski definition) is 2. The van der Waals surface area contributed by atoms with Gasteiger partial charge in [-0.1, -0.05) is 18.2 Å². The van der Waals surface area contributed by atoms with E-state index in [2.05, 4.69) is 9.97 Å². The minimum atomic E-state index is -1.04. The van der Waals surface area contributed by atoms with E-state index in [1.54, 1.807) is 18.7 Å². The smallest absolute Gasteiger partial charge is 0.308 e. The molecule has 1 heterocycles. The van der Waals surface area contributed by atoms with Crippen LogP contribution in [-0.2, 0) is 17.0 Å². The number of thioether (sulfide) groups is 1. The molecule has 1 aromatic carbocycles. The maximum atomic E-state index is 11.8. The van der Waals surface area contributed by atoms with Crippen LogP contribution < -0.4 is 5.56 Å². The molecule has 0 amide bonds. The van der Waals surface area contributed by atoms with Gasteiger partial charge in [0.1, 0.15) is 5.82 Å². The molecule has 5 nitrogen and oxygen atoms in total. The van der Waals surface area contributed by atoms with Crippen molar-refractivity contribution in [2.75, 3.05) is 0 Å². The molecule has 0 aliphatic heterocycles. The van der Waals surface area contributed by atoms with Crippen LogP contribution in [0.4, 0.5) is 0 Å². The Kier molecular flexibility index (Phi) is 4.57. The van der Waals surface area contributed by atoms with Crippen LogP contribution in [0.2, 0.25) is 0 Å². The molecule has 2 rings (SSSR count). The molecule has 0 radical (unpaired) electrons. The van der Waals surface area contributed by atoms with Gasteiger partial charge in [0.15, 0.2) is 0 Å². The van der Waals surface area contributed by atoms with Crippen molar-refractivity contribution in [3.8, 4) is 0 Å². The van der Waals surface area contributed by atoms with Gasteiger partial charge < -0.3 is 10.1 Å². The Labute approximate surface area is 120 Å². The molecular formula is C14H14N2O3S. The lowest BCUT2D eigenvalue weighted by atomic mass is 10.2. The van der Waals surface area contributed by atoms with Crippen LogP contribution in [-0.4, -0.2) is 21.0 Å². The van der Waals surface area contributed by atoms with E-state index >= 15 is 0 Å². The highest BCUT2D eigenvalue weighted by molar-refractivity contribution is 7.98. The molecule has 0 fully saturated rings. The second kappa shape index (κ2) is 6.38. The summed E-state index contributed by atoms with van der Waals surface area (Å²) in [5.74, 6) is 0.0512. The number of carboxylic acid groups (broad SMARTS) is 1. The lowest BCUT2D eigenvalue weighted by Gasteiger charge is -2.05. The molecule has 1 aromatic heterocycles. The molecule has 0 spiro atoms. The second-order valence-electron chi connectivity index (χ2n) is 4.25. The summed E-state index contributed by atoms with van der Waals surface area (Å²) < 4.78 is 0. The molecule has 0 atom stereocenters. The molecule has 0 aliphatic rings. The average Bonchev–Trinajstić information content (AvgIpc) is 2.41. The summed E-state index contributed by atoms with van der Waals surface area (Å²) in [6, 6.07) is 9.79. The first-order valence-corrected chi connectivity index (χ1v) is 7.03. The number of hydrogen-bond acceptors (Lipinski definition) is 4. The lowest BCUT2D eigenvalue weighted by Crippen LogP contribution is -2.21. The van der Waals surface area contributed by atoms with E-state index in [-0.39, 0.29) is 17.5 Å². The molecule has 2 aromatic rings. The van der Waals surface area contributed by atoms with Crippen molar-refractivity contribution in [2.45, 2.75) is 24.0 Å². The summed E-state index contributed by atoms with van der Waals surface area (Å²) in [6.07, 6.45) is -0.305. The van der Waals surface area contributed by atoms with Crippen LogP contribution in [0.1, 0.15) is 17.1 Å². The number of H-pyrrole nitrogens is 1. The molecule has 104 valence electrons. The maximum absolute atomic E-state index is 11.8. The van der Waals surface area contributed by atoms with Gasteiger partial charge in [-0.2, -0.15) is 0 Å². The van der Waals surface area contributed by atoms with Gasteiger partial charge in [-0.25, -0.2) is 4.98 Å². The summed E-state index contributed by atoms with van der Waals surface area (Å²) in [5, 5.41) is 8.75. The van der Waals surface area contributed by atoms with Gasteiger partial charge in [-0.3, -0.25) is 9.59 Å². The summed E-state index contributed by atoms with van der Waals surface area (Å²) in [6.45, 7) is 1.66. The Bertz CT molecular complexity index is 668. The Morgan fingerprint density at radius 1 is 1.35 bits per heavy atom. The number of rotatable bonds is 5. The normalized spacial score (nSPS) is 10.4. The summed E-state index contributed by atoms with van der Waals surface area (Å²) in [4.78, 5) is 30.5. The summed E-state index contributed by atoms with van der Waals surface area (Å²) >= 11 is 1.56. The van der Waals surface area contributed by atoms with E-state index in [0.717, 1.165) is 4.90 Å². The summed E-state index contributed by atoms with van der Waals surface area (Å²) in [5.41, 5.74) is 0.314. The van der Waals surface area contributed by atoms with Crippen LogP contribution in [0, 0.1) is 6.92 Å². The minimum absolute atomic E-state index is 0.214. The van der Waals surface area contributed by atoms with Crippen molar-refractivity contribution < 1.29 is 9.90 Å². The second-order valence-corrected chi connectivity index (χ2v) is 5.30. The molecular weight excluding hydrogens is 276 g/mol. The number of aromatic nitrogens is 2. The monoisotopic (exact) mass is 290 g/mol. The number of carbonyl (C=O) groups is 1. The van der Waals surface area contributed by atoms with Crippen LogP contribution in [0.15, 0.2) is 40.0 Å². The number of carboxylic acids is 1. The molecule has 6 heteroatoms. The zero-order chi connectivity index (χ0) is 14.5. The topological polar surface area (TPSA) is 83.0 Å². The van der Waals surface area contributed by atoms with Crippen molar-refractivity contribution in [1.29, 1.82) is 0 Å². The van der Waals surface area contributed by atoms with Crippen molar-refractivity contribution in [3.05, 3.63) is 57.8 Å². The van der Waals surface area contributed by atoms with E-state index < -0.39 is 5.97 Å². The first-order chi connectivity index (χ1) is 9.56. The van der Waals surface area contributed by atoms with Crippen LogP contribution >= 0.6 is 11.8 Å². The van der Waals surface area contributed by atoms with Crippen molar-refractivity contribution in [1.82, 2.24) is 9.97 Å². The highest BCUT2D eigenvalue weighted by Gasteiger charge is 2.11. The fraction of sp³-hybridized carbons (Fsp3) is 0.214. The zero-order valence-electron chi connectivity index (χ0n) is 10.9. The first-order valence-electron chi connectivity index (χ1n) is 6.04. The largest absolute Gasteiger partial charge is 0.481 e. The average molecular weight is 290 g/mol. The first kappa shape index (κ1) is 14.3. The van der Waals surface area contributed by atoms with Gasteiger partial charge in [0, 0.05) is 16.2 Å². The third-order valence-corrected chi connectivity index (χ3v) is 3.74. The van der Waals surface area contributed by atoms with Gasteiger partial charge in [0.2, 0.25) is 0 Å². The van der Waals surface area contributed by atoms with E-state index in [9.17, 15) is 9.59 Å². The number of nitrogens with zero attached hydrogens (tertiary/aromatic N) is 1. The van der Waals surface area contributed by atoms with Gasteiger partial charge >= 0.3 is 5.97 Å². The highest BCUT2D eigenvalue weighted by Crippen LogP contribution is 2.20. The Morgan fingerprint density at radius 2 is 2.05 bits per heavy atom. The van der Waals surface area contributed by atoms with Crippen LogP contribution in [0.5, 0.6) is 0 Å².